The fraction of sp³-hybridized carbons (Fsp3) is 0.200. The maximum Gasteiger partial charge on any atom is 0.293 e. The lowest BCUT2D eigenvalue weighted by atomic mass is 10.1. The van der Waals surface area contributed by atoms with Crippen LogP contribution >= 0.6 is 23.4 Å². The van der Waals surface area contributed by atoms with Gasteiger partial charge >= 0.3 is 0 Å². The molecule has 0 saturated carbocycles. The Morgan fingerprint density at radius 2 is 1.96 bits per heavy atom. The number of ether oxygens (including phenoxy) is 1. The van der Waals surface area contributed by atoms with Crippen molar-refractivity contribution in [1.82, 2.24) is 4.90 Å². The number of rotatable bonds is 5. The van der Waals surface area contributed by atoms with Crippen molar-refractivity contribution in [3.63, 3.8) is 0 Å². The van der Waals surface area contributed by atoms with Crippen molar-refractivity contribution in [2.75, 3.05) is 13.2 Å². The topological polar surface area (TPSA) is 66.8 Å². The number of nitrogens with zero attached hydrogens (tertiary/aromatic N) is 1. The lowest BCUT2D eigenvalue weighted by molar-refractivity contribution is -0.123. The minimum Gasteiger partial charge on any atom is -0.507 e. The molecule has 2 aromatic rings. The third-order valence-electron chi connectivity index (χ3n) is 4.07. The largest absolute Gasteiger partial charge is 0.507 e. The molecule has 140 valence electrons. The fourth-order valence-electron chi connectivity index (χ4n) is 2.58. The molecule has 0 radical (unpaired) electrons. The molecule has 1 N–H and O–H groups in total. The van der Waals surface area contributed by atoms with Crippen LogP contribution in [0.15, 0.2) is 41.3 Å². The van der Waals surface area contributed by atoms with Crippen molar-refractivity contribution >= 4 is 40.6 Å². The number of phenols is 1. The molecule has 0 aromatic heterocycles. The van der Waals surface area contributed by atoms with Crippen molar-refractivity contribution in [2.45, 2.75) is 13.8 Å². The molecular weight excluding hydrogens is 386 g/mol. The normalized spacial score (nSPS) is 15.7. The molecule has 5 nitrogen and oxygen atoms in total. The number of aromatic hydroxyl groups is 1. The van der Waals surface area contributed by atoms with Gasteiger partial charge in [0, 0.05) is 10.6 Å². The van der Waals surface area contributed by atoms with Crippen molar-refractivity contribution in [3.05, 3.63) is 63.0 Å². The van der Waals surface area contributed by atoms with Crippen molar-refractivity contribution < 1.29 is 19.4 Å². The number of hydrogen-bond donors (Lipinski definition) is 1. The molecule has 7 heteroatoms. The Bertz CT molecular complexity index is 942. The Hall–Kier alpha value is -2.44. The van der Waals surface area contributed by atoms with Gasteiger partial charge in [-0.1, -0.05) is 23.7 Å². The Morgan fingerprint density at radius 3 is 2.74 bits per heavy atom. The summed E-state index contributed by atoms with van der Waals surface area (Å²) in [7, 11) is 0. The molecule has 3 rings (SSSR count). The Labute approximate surface area is 166 Å². The average molecular weight is 404 g/mol. The summed E-state index contributed by atoms with van der Waals surface area (Å²) >= 11 is 6.75. The van der Waals surface area contributed by atoms with Crippen LogP contribution in [0.5, 0.6) is 11.5 Å². The number of halogens is 1. The van der Waals surface area contributed by atoms with Crippen LogP contribution in [0.4, 0.5) is 4.79 Å². The number of carbonyl (C=O) groups is 2. The van der Waals surface area contributed by atoms with Crippen LogP contribution in [0.1, 0.15) is 16.7 Å². The summed E-state index contributed by atoms with van der Waals surface area (Å²) in [5.74, 6) is 0.319. The minimum absolute atomic E-state index is 0.00976. The van der Waals surface area contributed by atoms with Crippen molar-refractivity contribution in [1.29, 1.82) is 0 Å². The van der Waals surface area contributed by atoms with E-state index in [9.17, 15) is 14.7 Å². The number of carbonyl (C=O) groups excluding carboxylic acids is 2. The molecule has 2 amide bonds. The van der Waals surface area contributed by atoms with Gasteiger partial charge in [-0.25, -0.2) is 0 Å². The number of benzene rings is 2. The number of amides is 2. The Morgan fingerprint density at radius 1 is 1.19 bits per heavy atom. The summed E-state index contributed by atoms with van der Waals surface area (Å²) in [4.78, 5) is 26.1. The predicted molar refractivity (Wildman–Crippen MR) is 107 cm³/mol. The van der Waals surface area contributed by atoms with Gasteiger partial charge in [-0.05, 0) is 67.1 Å². The van der Waals surface area contributed by atoms with Gasteiger partial charge in [0.1, 0.15) is 18.1 Å². The predicted octanol–water partition coefficient (Wildman–Crippen LogP) is 4.78. The van der Waals surface area contributed by atoms with Crippen LogP contribution in [0.3, 0.4) is 0 Å². The molecule has 1 heterocycles. The van der Waals surface area contributed by atoms with Crippen LogP contribution in [-0.2, 0) is 4.79 Å². The molecule has 1 saturated heterocycles. The molecule has 1 fully saturated rings. The molecular formula is C20H18ClNO4S. The van der Waals surface area contributed by atoms with Gasteiger partial charge in [-0.15, -0.1) is 0 Å². The van der Waals surface area contributed by atoms with E-state index in [2.05, 4.69) is 0 Å². The first-order valence-electron chi connectivity index (χ1n) is 8.29. The summed E-state index contributed by atoms with van der Waals surface area (Å²) in [6.45, 7) is 4.27. The van der Waals surface area contributed by atoms with Crippen LogP contribution in [0.25, 0.3) is 6.08 Å². The van der Waals surface area contributed by atoms with Crippen LogP contribution in [0.2, 0.25) is 5.02 Å². The van der Waals surface area contributed by atoms with Gasteiger partial charge in [0.2, 0.25) is 0 Å². The molecule has 1 aliphatic heterocycles. The van der Waals surface area contributed by atoms with Gasteiger partial charge < -0.3 is 9.84 Å². The zero-order valence-electron chi connectivity index (χ0n) is 14.9. The Balaban J connectivity index is 1.68. The maximum absolute atomic E-state index is 12.5. The fourth-order valence-corrected chi connectivity index (χ4v) is 3.62. The number of phenolic OH excluding ortho intramolecular Hbond substituents is 1. The van der Waals surface area contributed by atoms with E-state index in [1.165, 1.54) is 18.2 Å². The van der Waals surface area contributed by atoms with E-state index in [1.807, 2.05) is 32.0 Å². The van der Waals surface area contributed by atoms with E-state index < -0.39 is 5.91 Å². The van der Waals surface area contributed by atoms with Gasteiger partial charge in [0.15, 0.2) is 0 Å². The second-order valence-corrected chi connectivity index (χ2v) is 7.58. The minimum atomic E-state index is -0.408. The standard InChI is InChI=1S/C20H18ClNO4S/c1-12-3-4-13(2)17(9-12)26-8-7-22-19(24)18(27-20(22)25)11-14-10-15(21)5-6-16(14)23/h3-6,9-11,23H,7-8H2,1-2H3/b18-11-. The van der Waals surface area contributed by atoms with Gasteiger partial charge in [0.25, 0.3) is 11.1 Å². The van der Waals surface area contributed by atoms with Crippen LogP contribution in [-0.4, -0.2) is 34.3 Å². The Kier molecular flexibility index (Phi) is 5.77. The molecule has 1 aliphatic rings. The molecule has 0 aliphatic carbocycles. The number of hydrogen-bond acceptors (Lipinski definition) is 5. The summed E-state index contributed by atoms with van der Waals surface area (Å²) < 4.78 is 5.73. The second kappa shape index (κ2) is 8.06. The third kappa shape index (κ3) is 4.46. The van der Waals surface area contributed by atoms with Crippen LogP contribution < -0.4 is 4.74 Å². The molecule has 2 aromatic carbocycles. The molecule has 0 unspecified atom stereocenters. The summed E-state index contributed by atoms with van der Waals surface area (Å²) in [6, 6.07) is 10.4. The highest BCUT2D eigenvalue weighted by Crippen LogP contribution is 2.34. The number of aryl methyl sites for hydroxylation is 2. The third-order valence-corrected chi connectivity index (χ3v) is 5.21. The van der Waals surface area contributed by atoms with E-state index in [0.29, 0.717) is 10.6 Å². The van der Waals surface area contributed by atoms with E-state index in [0.717, 1.165) is 33.5 Å². The lowest BCUT2D eigenvalue weighted by Crippen LogP contribution is -2.32. The van der Waals surface area contributed by atoms with Gasteiger partial charge in [-0.3, -0.25) is 14.5 Å². The smallest absolute Gasteiger partial charge is 0.293 e. The highest BCUT2D eigenvalue weighted by molar-refractivity contribution is 8.18. The van der Waals surface area contributed by atoms with E-state index in [-0.39, 0.29) is 29.0 Å². The SMILES string of the molecule is Cc1ccc(C)c(OCCN2C(=O)S/C(=C\c3cc(Cl)ccc3O)C2=O)c1. The second-order valence-electron chi connectivity index (χ2n) is 6.15. The zero-order valence-corrected chi connectivity index (χ0v) is 16.4. The molecule has 27 heavy (non-hydrogen) atoms. The van der Waals surface area contributed by atoms with E-state index >= 15 is 0 Å². The summed E-state index contributed by atoms with van der Waals surface area (Å²) in [5.41, 5.74) is 2.46. The number of imide groups is 1. The van der Waals surface area contributed by atoms with Crippen molar-refractivity contribution in [2.24, 2.45) is 0 Å². The highest BCUT2D eigenvalue weighted by atomic mass is 35.5. The first-order chi connectivity index (χ1) is 12.8. The highest BCUT2D eigenvalue weighted by Gasteiger charge is 2.35. The van der Waals surface area contributed by atoms with E-state index in [1.54, 1.807) is 6.07 Å². The zero-order chi connectivity index (χ0) is 19.6. The number of thioether (sulfide) groups is 1. The van der Waals surface area contributed by atoms with Crippen LogP contribution in [0, 0.1) is 13.8 Å². The van der Waals surface area contributed by atoms with Gasteiger partial charge in [0.05, 0.1) is 11.4 Å². The molecule has 0 atom stereocenters. The molecule has 0 bridgehead atoms. The van der Waals surface area contributed by atoms with Gasteiger partial charge in [-0.2, -0.15) is 0 Å². The first kappa shape index (κ1) is 19.3. The summed E-state index contributed by atoms with van der Waals surface area (Å²) in [6.07, 6.45) is 1.47. The quantitative estimate of drug-likeness (QED) is 0.728. The maximum atomic E-state index is 12.5. The lowest BCUT2D eigenvalue weighted by Gasteiger charge is -2.14. The average Bonchev–Trinajstić information content (AvgIpc) is 2.88. The summed E-state index contributed by atoms with van der Waals surface area (Å²) in [5, 5.41) is 9.95. The van der Waals surface area contributed by atoms with Crippen molar-refractivity contribution in [3.8, 4) is 11.5 Å². The van der Waals surface area contributed by atoms with E-state index in [4.69, 9.17) is 16.3 Å². The monoisotopic (exact) mass is 403 g/mol. The first-order valence-corrected chi connectivity index (χ1v) is 9.48. The molecule has 0 spiro atoms.